The van der Waals surface area contributed by atoms with E-state index in [2.05, 4.69) is 119 Å². The lowest BCUT2D eigenvalue weighted by Gasteiger charge is -2.11. The lowest BCUT2D eigenvalue weighted by atomic mass is 10.0. The molecule has 3 heterocycles. The standard InChI is InChI=1S/C38H25N3S/c1-3-9-28(10-4-1)34-25-35(29-11-5-2-6-12-29)40-37(39-34)30-17-15-26(16-18-30)27-19-21-31(22-20-27)41-36-14-8-7-13-32(36)33-23-24-42-38(33)41/h1-25H. The first-order chi connectivity index (χ1) is 20.8. The van der Waals surface area contributed by atoms with Gasteiger partial charge in [0.15, 0.2) is 5.82 Å². The number of nitrogens with zero attached hydrogens (tertiary/aromatic N) is 3. The number of aromatic nitrogens is 3. The third kappa shape index (κ3) is 4.30. The summed E-state index contributed by atoms with van der Waals surface area (Å²) in [6.07, 6.45) is 0. The number of hydrogen-bond acceptors (Lipinski definition) is 3. The molecule has 198 valence electrons. The molecule has 0 aliphatic carbocycles. The Labute approximate surface area is 248 Å². The van der Waals surface area contributed by atoms with Gasteiger partial charge in [-0.3, -0.25) is 0 Å². The van der Waals surface area contributed by atoms with Crippen molar-refractivity contribution in [3.63, 3.8) is 0 Å². The highest BCUT2D eigenvalue weighted by Crippen LogP contribution is 2.36. The number of rotatable bonds is 5. The van der Waals surface area contributed by atoms with Crippen molar-refractivity contribution in [1.82, 2.24) is 14.5 Å². The van der Waals surface area contributed by atoms with Crippen molar-refractivity contribution in [3.05, 3.63) is 151 Å². The molecule has 0 aliphatic heterocycles. The fraction of sp³-hybridized carbons (Fsp3) is 0. The van der Waals surface area contributed by atoms with Crippen LogP contribution < -0.4 is 0 Å². The van der Waals surface area contributed by atoms with Crippen molar-refractivity contribution in [1.29, 1.82) is 0 Å². The maximum Gasteiger partial charge on any atom is 0.160 e. The molecule has 5 aromatic carbocycles. The van der Waals surface area contributed by atoms with Crippen LogP contribution in [-0.2, 0) is 0 Å². The van der Waals surface area contributed by atoms with Gasteiger partial charge in [0, 0.05) is 33.2 Å². The first-order valence-electron chi connectivity index (χ1n) is 14.0. The highest BCUT2D eigenvalue weighted by molar-refractivity contribution is 7.17. The van der Waals surface area contributed by atoms with Gasteiger partial charge in [-0.2, -0.15) is 0 Å². The first kappa shape index (κ1) is 24.5. The van der Waals surface area contributed by atoms with Crippen LogP contribution in [0.1, 0.15) is 0 Å². The number of hydrogen-bond donors (Lipinski definition) is 0. The topological polar surface area (TPSA) is 30.7 Å². The number of fused-ring (bicyclic) bond motifs is 3. The van der Waals surface area contributed by atoms with Crippen LogP contribution in [0.4, 0.5) is 0 Å². The minimum Gasteiger partial charge on any atom is -0.301 e. The molecular weight excluding hydrogens is 531 g/mol. The lowest BCUT2D eigenvalue weighted by molar-refractivity contribution is 1.18. The van der Waals surface area contributed by atoms with Crippen molar-refractivity contribution >= 4 is 32.5 Å². The molecule has 8 rings (SSSR count). The Morgan fingerprint density at radius 1 is 0.452 bits per heavy atom. The van der Waals surface area contributed by atoms with Gasteiger partial charge in [-0.05, 0) is 46.8 Å². The van der Waals surface area contributed by atoms with Crippen molar-refractivity contribution in [2.75, 3.05) is 0 Å². The summed E-state index contributed by atoms with van der Waals surface area (Å²) in [5, 5.41) is 4.78. The van der Waals surface area contributed by atoms with Crippen molar-refractivity contribution < 1.29 is 0 Å². The predicted octanol–water partition coefficient (Wildman–Crippen LogP) is 10.3. The molecule has 0 fully saturated rings. The molecule has 8 aromatic rings. The van der Waals surface area contributed by atoms with Crippen LogP contribution in [0.5, 0.6) is 0 Å². The van der Waals surface area contributed by atoms with Crippen LogP contribution >= 0.6 is 11.3 Å². The van der Waals surface area contributed by atoms with Gasteiger partial charge in [0.1, 0.15) is 4.83 Å². The minimum atomic E-state index is 0.719. The molecule has 0 atom stereocenters. The Morgan fingerprint density at radius 2 is 1.00 bits per heavy atom. The zero-order valence-electron chi connectivity index (χ0n) is 22.7. The maximum absolute atomic E-state index is 4.97. The third-order valence-corrected chi connectivity index (χ3v) is 8.65. The van der Waals surface area contributed by atoms with E-state index in [0.29, 0.717) is 0 Å². The van der Waals surface area contributed by atoms with Crippen LogP contribution in [-0.4, -0.2) is 14.5 Å². The Balaban J connectivity index is 1.14. The second-order valence-electron chi connectivity index (χ2n) is 10.3. The fourth-order valence-corrected chi connectivity index (χ4v) is 6.59. The molecule has 0 saturated heterocycles. The average molecular weight is 556 g/mol. The van der Waals surface area contributed by atoms with Gasteiger partial charge in [0.05, 0.1) is 16.9 Å². The summed E-state index contributed by atoms with van der Waals surface area (Å²) in [4.78, 5) is 11.2. The van der Waals surface area contributed by atoms with Crippen LogP contribution in [0.2, 0.25) is 0 Å². The Kier molecular flexibility index (Phi) is 5.98. The van der Waals surface area contributed by atoms with Crippen LogP contribution in [0.25, 0.3) is 71.8 Å². The van der Waals surface area contributed by atoms with Crippen molar-refractivity contribution in [2.24, 2.45) is 0 Å². The first-order valence-corrected chi connectivity index (χ1v) is 14.9. The zero-order chi connectivity index (χ0) is 27.9. The van der Waals surface area contributed by atoms with Crippen LogP contribution in [0.15, 0.2) is 151 Å². The minimum absolute atomic E-state index is 0.719. The second kappa shape index (κ2) is 10.3. The molecule has 42 heavy (non-hydrogen) atoms. The molecular formula is C38H25N3S. The number of benzene rings is 5. The summed E-state index contributed by atoms with van der Waals surface area (Å²) in [5.74, 6) is 0.719. The highest BCUT2D eigenvalue weighted by Gasteiger charge is 2.14. The van der Waals surface area contributed by atoms with Crippen molar-refractivity contribution in [3.8, 4) is 50.7 Å². The monoisotopic (exact) mass is 555 g/mol. The molecule has 0 bridgehead atoms. The molecule has 3 aromatic heterocycles. The molecule has 0 amide bonds. The Hall–Kier alpha value is -5.32. The summed E-state index contributed by atoms with van der Waals surface area (Å²) in [5.41, 5.74) is 9.71. The van der Waals surface area contributed by atoms with Gasteiger partial charge in [0.25, 0.3) is 0 Å². The summed E-state index contributed by atoms with van der Waals surface area (Å²) < 4.78 is 2.36. The van der Waals surface area contributed by atoms with E-state index in [1.54, 1.807) is 11.3 Å². The largest absolute Gasteiger partial charge is 0.301 e. The third-order valence-electron chi connectivity index (χ3n) is 7.75. The summed E-state index contributed by atoms with van der Waals surface area (Å²) in [7, 11) is 0. The summed E-state index contributed by atoms with van der Waals surface area (Å²) in [6.45, 7) is 0. The highest BCUT2D eigenvalue weighted by atomic mass is 32.1. The van der Waals surface area contributed by atoms with Crippen LogP contribution in [0.3, 0.4) is 0 Å². The molecule has 0 spiro atoms. The van der Waals surface area contributed by atoms with Gasteiger partial charge >= 0.3 is 0 Å². The van der Waals surface area contributed by atoms with E-state index in [-0.39, 0.29) is 0 Å². The molecule has 0 radical (unpaired) electrons. The van der Waals surface area contributed by atoms with Gasteiger partial charge in [-0.25, -0.2) is 9.97 Å². The van der Waals surface area contributed by atoms with E-state index in [1.807, 2.05) is 36.4 Å². The average Bonchev–Trinajstić information content (AvgIpc) is 3.67. The fourth-order valence-electron chi connectivity index (χ4n) is 5.65. The Bertz CT molecular complexity index is 2100. The molecule has 0 saturated carbocycles. The molecule has 0 N–H and O–H groups in total. The summed E-state index contributed by atoms with van der Waals surface area (Å²) >= 11 is 1.78. The van der Waals surface area contributed by atoms with E-state index >= 15 is 0 Å². The van der Waals surface area contributed by atoms with E-state index in [9.17, 15) is 0 Å². The molecule has 4 heteroatoms. The molecule has 0 unspecified atom stereocenters. The van der Waals surface area contributed by atoms with Gasteiger partial charge < -0.3 is 4.57 Å². The van der Waals surface area contributed by atoms with Gasteiger partial charge in [0.2, 0.25) is 0 Å². The number of para-hydroxylation sites is 1. The van der Waals surface area contributed by atoms with Gasteiger partial charge in [-0.15, -0.1) is 11.3 Å². The predicted molar refractivity (Wildman–Crippen MR) is 176 cm³/mol. The van der Waals surface area contributed by atoms with E-state index in [4.69, 9.17) is 9.97 Å². The van der Waals surface area contributed by atoms with E-state index in [1.165, 1.54) is 32.4 Å². The number of thiophene rings is 1. The maximum atomic E-state index is 4.97. The van der Waals surface area contributed by atoms with E-state index < -0.39 is 0 Å². The van der Waals surface area contributed by atoms with E-state index in [0.717, 1.165) is 39.5 Å². The van der Waals surface area contributed by atoms with Gasteiger partial charge in [-0.1, -0.05) is 115 Å². The van der Waals surface area contributed by atoms with Crippen molar-refractivity contribution in [2.45, 2.75) is 0 Å². The Morgan fingerprint density at radius 3 is 1.64 bits per heavy atom. The quantitative estimate of drug-likeness (QED) is 0.211. The zero-order valence-corrected chi connectivity index (χ0v) is 23.5. The smallest absolute Gasteiger partial charge is 0.160 e. The second-order valence-corrected chi connectivity index (χ2v) is 11.2. The van der Waals surface area contributed by atoms with Crippen LogP contribution in [0, 0.1) is 0 Å². The molecule has 3 nitrogen and oxygen atoms in total. The summed E-state index contributed by atoms with van der Waals surface area (Å²) in [6, 6.07) is 50.9. The SMILES string of the molecule is c1ccc(-c2cc(-c3ccccc3)nc(-c3ccc(-c4ccc(-n5c6ccccc6c6ccsc65)cc4)cc3)n2)cc1. The molecule has 0 aliphatic rings. The lowest BCUT2D eigenvalue weighted by Crippen LogP contribution is -1.96. The normalized spacial score (nSPS) is 11.3.